The highest BCUT2D eigenvalue weighted by Gasteiger charge is 2.22. The fraction of sp³-hybridized carbons (Fsp3) is 0.250. The largest absolute Gasteiger partial charge is 0.490 e. The Hall–Kier alpha value is -5.51. The second kappa shape index (κ2) is 15.5. The minimum absolute atomic E-state index is 0.211. The van der Waals surface area contributed by atoms with Crippen LogP contribution in [0.25, 0.3) is 0 Å². The van der Waals surface area contributed by atoms with Gasteiger partial charge in [0.2, 0.25) is 6.79 Å². The van der Waals surface area contributed by atoms with Crippen molar-refractivity contribution in [2.45, 2.75) is 39.8 Å². The number of amides is 2. The molecule has 0 radical (unpaired) electrons. The fourth-order valence-corrected chi connectivity index (χ4v) is 4.89. The molecule has 10 nitrogen and oxygen atoms in total. The summed E-state index contributed by atoms with van der Waals surface area (Å²) < 4.78 is 28.5. The van der Waals surface area contributed by atoms with Gasteiger partial charge in [0.25, 0.3) is 11.8 Å². The molecule has 10 heteroatoms. The average molecular weight is 624 g/mol. The van der Waals surface area contributed by atoms with E-state index in [0.717, 1.165) is 22.3 Å². The van der Waals surface area contributed by atoms with Crippen molar-refractivity contribution in [2.75, 3.05) is 20.0 Å². The molecular formula is C36H37N3O7. The number of nitrogens with zero attached hydrogens (tertiary/aromatic N) is 1. The second-order valence-corrected chi connectivity index (χ2v) is 10.7. The van der Waals surface area contributed by atoms with Crippen LogP contribution in [0.3, 0.4) is 0 Å². The van der Waals surface area contributed by atoms with E-state index in [9.17, 15) is 9.59 Å². The summed E-state index contributed by atoms with van der Waals surface area (Å²) in [5.41, 5.74) is 6.92. The molecule has 0 saturated carbocycles. The van der Waals surface area contributed by atoms with E-state index in [1.807, 2.05) is 87.5 Å². The molecule has 238 valence electrons. The zero-order valence-corrected chi connectivity index (χ0v) is 26.1. The number of hydrogen-bond acceptors (Lipinski definition) is 8. The molecule has 1 atom stereocenters. The van der Waals surface area contributed by atoms with Gasteiger partial charge in [-0.2, -0.15) is 5.10 Å². The lowest BCUT2D eigenvalue weighted by Crippen LogP contribution is -2.48. The molecule has 1 heterocycles. The van der Waals surface area contributed by atoms with E-state index in [1.54, 1.807) is 18.2 Å². The Bertz CT molecular complexity index is 1670. The first-order valence-corrected chi connectivity index (χ1v) is 15.0. The maximum absolute atomic E-state index is 13.2. The van der Waals surface area contributed by atoms with Crippen molar-refractivity contribution in [3.05, 3.63) is 113 Å². The molecule has 1 aliphatic rings. The van der Waals surface area contributed by atoms with Gasteiger partial charge >= 0.3 is 0 Å². The number of carbonyl (C=O) groups is 2. The maximum Gasteiger partial charge on any atom is 0.262 e. The zero-order valence-electron chi connectivity index (χ0n) is 26.1. The van der Waals surface area contributed by atoms with Crippen LogP contribution in [0.4, 0.5) is 0 Å². The number of hydrogen-bond donors (Lipinski definition) is 2. The molecule has 2 amide bonds. The minimum atomic E-state index is -0.875. The van der Waals surface area contributed by atoms with Crippen LogP contribution in [-0.2, 0) is 22.6 Å². The monoisotopic (exact) mass is 623 g/mol. The van der Waals surface area contributed by atoms with Crippen LogP contribution < -0.4 is 34.4 Å². The highest BCUT2D eigenvalue weighted by atomic mass is 16.7. The molecule has 5 rings (SSSR count). The first-order chi connectivity index (χ1) is 22.4. The highest BCUT2D eigenvalue weighted by molar-refractivity contribution is 5.89. The van der Waals surface area contributed by atoms with Crippen LogP contribution in [-0.4, -0.2) is 44.1 Å². The number of ether oxygens (including phenoxy) is 5. The summed E-state index contributed by atoms with van der Waals surface area (Å²) in [7, 11) is 0. The minimum Gasteiger partial charge on any atom is -0.490 e. The van der Waals surface area contributed by atoms with E-state index in [2.05, 4.69) is 15.8 Å². The van der Waals surface area contributed by atoms with Crippen molar-refractivity contribution in [1.29, 1.82) is 0 Å². The predicted molar refractivity (Wildman–Crippen MR) is 174 cm³/mol. The molecule has 0 spiro atoms. The maximum atomic E-state index is 13.2. The van der Waals surface area contributed by atoms with Crippen molar-refractivity contribution in [3.63, 3.8) is 0 Å². The van der Waals surface area contributed by atoms with Gasteiger partial charge in [-0.05, 0) is 78.9 Å². The van der Waals surface area contributed by atoms with Crippen LogP contribution >= 0.6 is 0 Å². The number of hydrazone groups is 1. The molecule has 0 saturated heterocycles. The standard InChI is InChI=1S/C36H37N3O7/c1-4-42-32-18-27(13-15-30(32)43-21-28-14-16-31-33(19-28)46-23-45-31)20-37-39-36(41)29(17-26-11-6-5-7-12-26)38-34(40)22-44-35-24(2)9-8-10-25(35)3/h5-16,18-20,29H,4,17,21-23H2,1-3H3,(H,38,40)(H,39,41)/b37-20-/t29-/m0/s1. The molecule has 0 aliphatic carbocycles. The van der Waals surface area contributed by atoms with Gasteiger partial charge in [0, 0.05) is 6.42 Å². The lowest BCUT2D eigenvalue weighted by molar-refractivity contribution is -0.130. The van der Waals surface area contributed by atoms with Crippen molar-refractivity contribution in [2.24, 2.45) is 5.10 Å². The van der Waals surface area contributed by atoms with E-state index in [1.165, 1.54) is 6.21 Å². The van der Waals surface area contributed by atoms with E-state index in [4.69, 9.17) is 23.7 Å². The van der Waals surface area contributed by atoms with Gasteiger partial charge in [-0.15, -0.1) is 0 Å². The van der Waals surface area contributed by atoms with Crippen molar-refractivity contribution < 1.29 is 33.3 Å². The average Bonchev–Trinajstić information content (AvgIpc) is 3.53. The normalized spacial score (nSPS) is 12.4. The van der Waals surface area contributed by atoms with Crippen LogP contribution in [0.2, 0.25) is 0 Å². The smallest absolute Gasteiger partial charge is 0.262 e. The lowest BCUT2D eigenvalue weighted by atomic mass is 10.1. The number of aryl methyl sites for hydroxylation is 2. The van der Waals surface area contributed by atoms with Gasteiger partial charge in [-0.1, -0.05) is 54.6 Å². The van der Waals surface area contributed by atoms with Gasteiger partial charge in [-0.25, -0.2) is 5.43 Å². The summed E-state index contributed by atoms with van der Waals surface area (Å²) in [6, 6.07) is 25.4. The molecule has 0 bridgehead atoms. The first-order valence-electron chi connectivity index (χ1n) is 15.0. The molecule has 0 unspecified atom stereocenters. The molecule has 1 aliphatic heterocycles. The summed E-state index contributed by atoms with van der Waals surface area (Å²) in [6.45, 7) is 6.46. The van der Waals surface area contributed by atoms with Crippen LogP contribution in [0.5, 0.6) is 28.7 Å². The second-order valence-electron chi connectivity index (χ2n) is 10.7. The Morgan fingerprint density at radius 3 is 2.41 bits per heavy atom. The summed E-state index contributed by atoms with van der Waals surface area (Å²) in [6.07, 6.45) is 1.79. The van der Waals surface area contributed by atoms with Crippen molar-refractivity contribution in [3.8, 4) is 28.7 Å². The van der Waals surface area contributed by atoms with Gasteiger partial charge in [0.15, 0.2) is 29.6 Å². The first kappa shape index (κ1) is 31.9. The highest BCUT2D eigenvalue weighted by Crippen LogP contribution is 2.34. The van der Waals surface area contributed by atoms with Gasteiger partial charge in [0.1, 0.15) is 18.4 Å². The molecule has 46 heavy (non-hydrogen) atoms. The quantitative estimate of drug-likeness (QED) is 0.145. The molecular weight excluding hydrogens is 586 g/mol. The third kappa shape index (κ3) is 8.56. The van der Waals surface area contributed by atoms with Gasteiger partial charge in [-0.3, -0.25) is 9.59 Å². The summed E-state index contributed by atoms with van der Waals surface area (Å²) in [4.78, 5) is 26.1. The Kier molecular flexibility index (Phi) is 10.7. The predicted octanol–water partition coefficient (Wildman–Crippen LogP) is 5.27. The van der Waals surface area contributed by atoms with Crippen LogP contribution in [0.1, 0.15) is 34.7 Å². The number of para-hydroxylation sites is 1. The van der Waals surface area contributed by atoms with E-state index >= 15 is 0 Å². The van der Waals surface area contributed by atoms with Crippen LogP contribution in [0, 0.1) is 13.8 Å². The Balaban J connectivity index is 1.21. The third-order valence-corrected chi connectivity index (χ3v) is 7.18. The number of benzene rings is 4. The van der Waals surface area contributed by atoms with E-state index in [-0.39, 0.29) is 19.8 Å². The Labute approximate surface area is 268 Å². The lowest BCUT2D eigenvalue weighted by Gasteiger charge is -2.18. The summed E-state index contributed by atoms with van der Waals surface area (Å²) >= 11 is 0. The SMILES string of the molecule is CCOc1cc(/C=N\NC(=O)[C@H](Cc2ccccc2)NC(=O)COc2c(C)cccc2C)ccc1OCc1ccc2c(c1)OCO2. The topological polar surface area (TPSA) is 117 Å². The fourth-order valence-electron chi connectivity index (χ4n) is 4.89. The Morgan fingerprint density at radius 2 is 1.63 bits per heavy atom. The zero-order chi connectivity index (χ0) is 32.3. The van der Waals surface area contributed by atoms with Crippen molar-refractivity contribution in [1.82, 2.24) is 10.7 Å². The van der Waals surface area contributed by atoms with Crippen molar-refractivity contribution >= 4 is 18.0 Å². The van der Waals surface area contributed by atoms with E-state index in [0.29, 0.717) is 47.5 Å². The number of fused-ring (bicyclic) bond motifs is 1. The van der Waals surface area contributed by atoms with Gasteiger partial charge < -0.3 is 29.0 Å². The van der Waals surface area contributed by atoms with Gasteiger partial charge in [0.05, 0.1) is 12.8 Å². The molecule has 0 aromatic heterocycles. The van der Waals surface area contributed by atoms with E-state index < -0.39 is 17.9 Å². The number of nitrogens with one attached hydrogen (secondary N) is 2. The molecule has 2 N–H and O–H groups in total. The van der Waals surface area contributed by atoms with Crippen LogP contribution in [0.15, 0.2) is 90.0 Å². The number of carbonyl (C=O) groups excluding carboxylic acids is 2. The number of rotatable bonds is 14. The molecule has 0 fully saturated rings. The third-order valence-electron chi connectivity index (χ3n) is 7.18. The Morgan fingerprint density at radius 1 is 0.848 bits per heavy atom. The summed E-state index contributed by atoms with van der Waals surface area (Å²) in [5, 5.41) is 6.95. The molecule has 4 aromatic carbocycles. The summed E-state index contributed by atoms with van der Waals surface area (Å²) in [5.74, 6) is 2.28. The molecule has 4 aromatic rings.